The number of hydrogen-bond donors (Lipinski definition) is 1. The van der Waals surface area contributed by atoms with Gasteiger partial charge in [0.2, 0.25) is 0 Å². The molecule has 0 saturated heterocycles. The fourth-order valence-corrected chi connectivity index (χ4v) is 2.60. The van der Waals surface area contributed by atoms with Gasteiger partial charge in [0, 0.05) is 12.1 Å². The Balaban J connectivity index is 1.51. The topological polar surface area (TPSA) is 56.8 Å². The molecule has 0 unspecified atom stereocenters. The number of carbonyl (C=O) groups is 1. The Morgan fingerprint density at radius 2 is 1.95 bits per heavy atom. The molecule has 108 valence electrons. The van der Waals surface area contributed by atoms with Gasteiger partial charge in [0.15, 0.2) is 18.1 Å². The number of ether oxygens (including phenoxy) is 3. The van der Waals surface area contributed by atoms with Crippen molar-refractivity contribution in [3.63, 3.8) is 0 Å². The number of nitrogens with one attached hydrogen (secondary N) is 1. The number of benzene rings is 1. The van der Waals surface area contributed by atoms with Crippen molar-refractivity contribution in [3.8, 4) is 17.2 Å². The van der Waals surface area contributed by atoms with Crippen molar-refractivity contribution in [2.45, 2.75) is 31.7 Å². The Morgan fingerprint density at radius 1 is 1.20 bits per heavy atom. The van der Waals surface area contributed by atoms with E-state index in [1.165, 1.54) is 12.8 Å². The summed E-state index contributed by atoms with van der Waals surface area (Å²) in [6.45, 7) is 1.14. The monoisotopic (exact) mass is 277 g/mol. The Kier molecular flexibility index (Phi) is 3.95. The predicted molar refractivity (Wildman–Crippen MR) is 73.3 cm³/mol. The molecule has 5 nitrogen and oxygen atoms in total. The molecule has 2 aliphatic rings. The maximum Gasteiger partial charge on any atom is 0.258 e. The molecule has 0 bridgehead atoms. The second-order valence-corrected chi connectivity index (χ2v) is 5.14. The number of rotatable bonds is 4. The summed E-state index contributed by atoms with van der Waals surface area (Å²) < 4.78 is 16.4. The summed E-state index contributed by atoms with van der Waals surface area (Å²) in [6, 6.07) is 5.68. The first-order chi connectivity index (χ1) is 9.81. The zero-order valence-corrected chi connectivity index (χ0v) is 11.4. The van der Waals surface area contributed by atoms with Crippen LogP contribution in [0, 0.1) is 0 Å². The molecule has 20 heavy (non-hydrogen) atoms. The van der Waals surface area contributed by atoms with E-state index in [0.29, 0.717) is 30.8 Å². The van der Waals surface area contributed by atoms with Crippen molar-refractivity contribution in [2.75, 3.05) is 19.8 Å². The molecule has 0 aromatic heterocycles. The van der Waals surface area contributed by atoms with E-state index >= 15 is 0 Å². The van der Waals surface area contributed by atoms with Crippen LogP contribution in [0.15, 0.2) is 18.2 Å². The lowest BCUT2D eigenvalue weighted by molar-refractivity contribution is -0.123. The molecule has 1 aliphatic heterocycles. The molecular formula is C15H19NO4. The van der Waals surface area contributed by atoms with Crippen molar-refractivity contribution in [1.82, 2.24) is 5.32 Å². The van der Waals surface area contributed by atoms with Crippen LogP contribution >= 0.6 is 0 Å². The largest absolute Gasteiger partial charge is 0.486 e. The zero-order chi connectivity index (χ0) is 13.8. The molecule has 1 N–H and O–H groups in total. The van der Waals surface area contributed by atoms with Crippen LogP contribution in [0.25, 0.3) is 0 Å². The zero-order valence-electron chi connectivity index (χ0n) is 11.4. The fourth-order valence-electron chi connectivity index (χ4n) is 2.60. The van der Waals surface area contributed by atoms with E-state index in [0.717, 1.165) is 18.6 Å². The van der Waals surface area contributed by atoms with Gasteiger partial charge in [0.05, 0.1) is 0 Å². The Labute approximate surface area is 118 Å². The van der Waals surface area contributed by atoms with Crippen molar-refractivity contribution >= 4 is 5.91 Å². The van der Waals surface area contributed by atoms with Gasteiger partial charge in [-0.15, -0.1) is 0 Å². The van der Waals surface area contributed by atoms with Gasteiger partial charge in [0.1, 0.15) is 19.0 Å². The second-order valence-electron chi connectivity index (χ2n) is 5.14. The van der Waals surface area contributed by atoms with Gasteiger partial charge in [-0.25, -0.2) is 0 Å². The van der Waals surface area contributed by atoms with Crippen LogP contribution in [0.2, 0.25) is 0 Å². The quantitative estimate of drug-likeness (QED) is 0.913. The summed E-state index contributed by atoms with van der Waals surface area (Å²) in [4.78, 5) is 11.8. The van der Waals surface area contributed by atoms with Crippen LogP contribution in [0.1, 0.15) is 25.7 Å². The highest BCUT2D eigenvalue weighted by molar-refractivity contribution is 5.77. The van der Waals surface area contributed by atoms with Crippen LogP contribution in [0.3, 0.4) is 0 Å². The van der Waals surface area contributed by atoms with E-state index in [9.17, 15) is 4.79 Å². The summed E-state index contributed by atoms with van der Waals surface area (Å²) in [6.07, 6.45) is 4.56. The van der Waals surface area contributed by atoms with Crippen molar-refractivity contribution in [1.29, 1.82) is 0 Å². The van der Waals surface area contributed by atoms with Gasteiger partial charge in [0.25, 0.3) is 5.91 Å². The minimum absolute atomic E-state index is 0.0378. The van der Waals surface area contributed by atoms with E-state index in [1.807, 2.05) is 0 Å². The highest BCUT2D eigenvalue weighted by Gasteiger charge is 2.17. The molecule has 1 amide bonds. The van der Waals surface area contributed by atoms with Crippen LogP contribution in [0.4, 0.5) is 0 Å². The van der Waals surface area contributed by atoms with Gasteiger partial charge in [-0.1, -0.05) is 12.8 Å². The smallest absolute Gasteiger partial charge is 0.258 e. The predicted octanol–water partition coefficient (Wildman–Crippen LogP) is 1.90. The van der Waals surface area contributed by atoms with Gasteiger partial charge >= 0.3 is 0 Å². The molecule has 1 heterocycles. The highest BCUT2D eigenvalue weighted by atomic mass is 16.6. The molecule has 1 aliphatic carbocycles. The van der Waals surface area contributed by atoms with Crippen LogP contribution in [0.5, 0.6) is 17.2 Å². The minimum Gasteiger partial charge on any atom is -0.486 e. The van der Waals surface area contributed by atoms with E-state index in [4.69, 9.17) is 14.2 Å². The number of amides is 1. The molecule has 1 aromatic rings. The van der Waals surface area contributed by atoms with Gasteiger partial charge in [-0.3, -0.25) is 4.79 Å². The SMILES string of the molecule is O=C(COc1ccc2c(c1)OCCO2)NC1CCCC1. The van der Waals surface area contributed by atoms with E-state index in [2.05, 4.69) is 5.32 Å². The molecule has 1 aromatic carbocycles. The summed E-state index contributed by atoms with van der Waals surface area (Å²) in [7, 11) is 0. The number of carbonyl (C=O) groups excluding carboxylic acids is 1. The lowest BCUT2D eigenvalue weighted by Crippen LogP contribution is -2.36. The summed E-state index contributed by atoms with van der Waals surface area (Å²) >= 11 is 0. The molecule has 5 heteroatoms. The molecule has 1 fully saturated rings. The van der Waals surface area contributed by atoms with Gasteiger partial charge < -0.3 is 19.5 Å². The number of fused-ring (bicyclic) bond motifs is 1. The maximum absolute atomic E-state index is 11.8. The van der Waals surface area contributed by atoms with Crippen LogP contribution in [-0.2, 0) is 4.79 Å². The van der Waals surface area contributed by atoms with Crippen molar-refractivity contribution < 1.29 is 19.0 Å². The third-order valence-corrected chi connectivity index (χ3v) is 3.60. The Morgan fingerprint density at radius 3 is 2.75 bits per heavy atom. The molecule has 0 atom stereocenters. The first kappa shape index (κ1) is 13.1. The average molecular weight is 277 g/mol. The average Bonchev–Trinajstić information content (AvgIpc) is 2.98. The molecule has 1 saturated carbocycles. The maximum atomic E-state index is 11.8. The van der Waals surface area contributed by atoms with Crippen molar-refractivity contribution in [2.24, 2.45) is 0 Å². The first-order valence-corrected chi connectivity index (χ1v) is 7.13. The van der Waals surface area contributed by atoms with Gasteiger partial charge in [-0.05, 0) is 25.0 Å². The Hall–Kier alpha value is -1.91. The molecular weight excluding hydrogens is 258 g/mol. The first-order valence-electron chi connectivity index (χ1n) is 7.13. The fraction of sp³-hybridized carbons (Fsp3) is 0.533. The van der Waals surface area contributed by atoms with Gasteiger partial charge in [-0.2, -0.15) is 0 Å². The summed E-state index contributed by atoms with van der Waals surface area (Å²) in [5.74, 6) is 1.95. The minimum atomic E-state index is -0.0632. The van der Waals surface area contributed by atoms with Crippen LogP contribution < -0.4 is 19.5 Å². The third kappa shape index (κ3) is 3.15. The molecule has 0 radical (unpaired) electrons. The summed E-state index contributed by atoms with van der Waals surface area (Å²) in [5, 5.41) is 2.99. The van der Waals surface area contributed by atoms with E-state index in [1.54, 1.807) is 18.2 Å². The van der Waals surface area contributed by atoms with E-state index < -0.39 is 0 Å². The lowest BCUT2D eigenvalue weighted by Gasteiger charge is -2.19. The lowest BCUT2D eigenvalue weighted by atomic mass is 10.2. The third-order valence-electron chi connectivity index (χ3n) is 3.60. The second kappa shape index (κ2) is 6.03. The van der Waals surface area contributed by atoms with E-state index in [-0.39, 0.29) is 12.5 Å². The Bertz CT molecular complexity index is 483. The normalized spacial score (nSPS) is 17.8. The molecule has 0 spiro atoms. The van der Waals surface area contributed by atoms with Crippen LogP contribution in [-0.4, -0.2) is 31.8 Å². The highest BCUT2D eigenvalue weighted by Crippen LogP contribution is 2.33. The van der Waals surface area contributed by atoms with Crippen molar-refractivity contribution in [3.05, 3.63) is 18.2 Å². The summed E-state index contributed by atoms with van der Waals surface area (Å²) in [5.41, 5.74) is 0. The number of hydrogen-bond acceptors (Lipinski definition) is 4. The molecule has 3 rings (SSSR count). The standard InChI is InChI=1S/C15H19NO4/c17-15(16-11-3-1-2-4-11)10-20-12-5-6-13-14(9-12)19-8-7-18-13/h5-6,9,11H,1-4,7-8,10H2,(H,16,17).